The summed E-state index contributed by atoms with van der Waals surface area (Å²) < 4.78 is 22.9. The fourth-order valence-electron chi connectivity index (χ4n) is 2.36. The minimum absolute atomic E-state index is 0.0782. The first-order valence-electron chi connectivity index (χ1n) is 8.05. The molecular weight excluding hydrogens is 355 g/mol. The fraction of sp³-hybridized carbons (Fsp3) is 0.211. The number of hydrogen-bond acceptors (Lipinski definition) is 5. The van der Waals surface area contributed by atoms with Gasteiger partial charge in [-0.2, -0.15) is 0 Å². The van der Waals surface area contributed by atoms with Gasteiger partial charge in [0.05, 0.1) is 31.0 Å². The lowest BCUT2D eigenvalue weighted by atomic mass is 10.1. The van der Waals surface area contributed by atoms with Gasteiger partial charge in [-0.25, -0.2) is 18.8 Å². The van der Waals surface area contributed by atoms with Crippen LogP contribution in [-0.4, -0.2) is 38.7 Å². The van der Waals surface area contributed by atoms with Crippen LogP contribution in [0.25, 0.3) is 0 Å². The van der Waals surface area contributed by atoms with E-state index in [-0.39, 0.29) is 29.2 Å². The molecular formula is C19H19FN2O5. The number of methoxy groups -OCH3 is 2. The van der Waals surface area contributed by atoms with Gasteiger partial charge in [0.2, 0.25) is 0 Å². The monoisotopic (exact) mass is 374 g/mol. The van der Waals surface area contributed by atoms with Crippen LogP contribution < -0.4 is 10.6 Å². The lowest BCUT2D eigenvalue weighted by molar-refractivity contribution is 0.0587. The van der Waals surface area contributed by atoms with Gasteiger partial charge in [0.1, 0.15) is 5.82 Å². The number of hydrogen-bond donors (Lipinski definition) is 2. The number of carbonyl (C=O) groups excluding carboxylic acids is 3. The van der Waals surface area contributed by atoms with Gasteiger partial charge in [-0.3, -0.25) is 0 Å². The summed E-state index contributed by atoms with van der Waals surface area (Å²) in [5.74, 6) is -1.64. The minimum atomic E-state index is -0.673. The zero-order valence-electron chi connectivity index (χ0n) is 14.9. The molecule has 8 heteroatoms. The van der Waals surface area contributed by atoms with E-state index in [0.717, 1.165) is 0 Å². The molecule has 0 atom stereocenters. The molecule has 2 aromatic rings. The van der Waals surface area contributed by atoms with E-state index in [2.05, 4.69) is 20.1 Å². The fourth-order valence-corrected chi connectivity index (χ4v) is 2.36. The second-order valence-corrected chi connectivity index (χ2v) is 5.47. The SMILES string of the molecule is COC(=O)c1ccc(C(=O)OC)c(NC(=O)NCCc2ccccc2F)c1. The third-order valence-electron chi connectivity index (χ3n) is 3.73. The van der Waals surface area contributed by atoms with E-state index in [9.17, 15) is 18.8 Å². The molecule has 2 amide bonds. The molecule has 0 bridgehead atoms. The molecule has 142 valence electrons. The van der Waals surface area contributed by atoms with Crippen LogP contribution in [0, 0.1) is 5.82 Å². The number of urea groups is 1. The molecule has 0 fully saturated rings. The van der Waals surface area contributed by atoms with Gasteiger partial charge in [-0.15, -0.1) is 0 Å². The van der Waals surface area contributed by atoms with Crippen LogP contribution >= 0.6 is 0 Å². The summed E-state index contributed by atoms with van der Waals surface area (Å²) in [5, 5.41) is 5.06. The topological polar surface area (TPSA) is 93.7 Å². The Kier molecular flexibility index (Phi) is 6.87. The molecule has 0 saturated carbocycles. The molecule has 2 aromatic carbocycles. The molecule has 0 spiro atoms. The van der Waals surface area contributed by atoms with Crippen molar-refractivity contribution in [3.8, 4) is 0 Å². The van der Waals surface area contributed by atoms with Crippen molar-refractivity contribution in [1.82, 2.24) is 5.32 Å². The summed E-state index contributed by atoms with van der Waals surface area (Å²) in [5.41, 5.74) is 0.801. The standard InChI is InChI=1S/C19H19FN2O5/c1-26-17(23)13-7-8-14(18(24)27-2)16(11-13)22-19(25)21-10-9-12-5-3-4-6-15(12)20/h3-8,11H,9-10H2,1-2H3,(H2,21,22,25). The van der Waals surface area contributed by atoms with E-state index in [1.54, 1.807) is 18.2 Å². The highest BCUT2D eigenvalue weighted by Gasteiger charge is 2.17. The molecule has 0 aliphatic heterocycles. The highest BCUT2D eigenvalue weighted by Crippen LogP contribution is 2.19. The average Bonchev–Trinajstić information content (AvgIpc) is 2.68. The summed E-state index contributed by atoms with van der Waals surface area (Å²) in [4.78, 5) is 35.6. The summed E-state index contributed by atoms with van der Waals surface area (Å²) in [7, 11) is 2.42. The van der Waals surface area contributed by atoms with Gasteiger partial charge >= 0.3 is 18.0 Å². The number of ether oxygens (including phenoxy) is 2. The van der Waals surface area contributed by atoms with Crippen molar-refractivity contribution in [2.75, 3.05) is 26.1 Å². The molecule has 27 heavy (non-hydrogen) atoms. The van der Waals surface area contributed by atoms with Gasteiger partial charge in [-0.1, -0.05) is 18.2 Å². The van der Waals surface area contributed by atoms with Crippen molar-refractivity contribution in [2.24, 2.45) is 0 Å². The van der Waals surface area contributed by atoms with E-state index in [1.165, 1.54) is 38.5 Å². The molecule has 2 N–H and O–H groups in total. The van der Waals surface area contributed by atoms with Gasteiger partial charge in [0.15, 0.2) is 0 Å². The Balaban J connectivity index is 2.07. The number of anilines is 1. The van der Waals surface area contributed by atoms with Crippen LogP contribution in [0.3, 0.4) is 0 Å². The number of amides is 2. The van der Waals surface area contributed by atoms with Gasteiger partial charge in [0, 0.05) is 6.54 Å². The smallest absolute Gasteiger partial charge is 0.339 e. The van der Waals surface area contributed by atoms with Gasteiger partial charge < -0.3 is 20.1 Å². The Labute approximate surface area is 155 Å². The summed E-state index contributed by atoms with van der Waals surface area (Å²) in [6, 6.07) is 9.71. The molecule has 0 unspecified atom stereocenters. The number of esters is 2. The maximum absolute atomic E-state index is 13.6. The Morgan fingerprint density at radius 2 is 1.70 bits per heavy atom. The average molecular weight is 374 g/mol. The van der Waals surface area contributed by atoms with E-state index in [4.69, 9.17) is 0 Å². The molecule has 7 nitrogen and oxygen atoms in total. The first kappa shape index (κ1) is 19.9. The first-order valence-corrected chi connectivity index (χ1v) is 8.05. The van der Waals surface area contributed by atoms with Gasteiger partial charge in [-0.05, 0) is 36.2 Å². The van der Waals surface area contributed by atoms with Crippen molar-refractivity contribution in [1.29, 1.82) is 0 Å². The Hall–Kier alpha value is -3.42. The second-order valence-electron chi connectivity index (χ2n) is 5.47. The summed E-state index contributed by atoms with van der Waals surface area (Å²) in [6.07, 6.45) is 0.298. The van der Waals surface area contributed by atoms with Crippen LogP contribution in [0.15, 0.2) is 42.5 Å². The second kappa shape index (κ2) is 9.33. The van der Waals surface area contributed by atoms with Crippen LogP contribution in [-0.2, 0) is 15.9 Å². The summed E-state index contributed by atoms with van der Waals surface area (Å²) >= 11 is 0. The largest absolute Gasteiger partial charge is 0.465 e. The maximum atomic E-state index is 13.6. The molecule has 0 saturated heterocycles. The van der Waals surface area contributed by atoms with Crippen LogP contribution in [0.5, 0.6) is 0 Å². The molecule has 0 heterocycles. The van der Waals surface area contributed by atoms with Crippen molar-refractivity contribution in [3.05, 3.63) is 65.0 Å². The highest BCUT2D eigenvalue weighted by atomic mass is 19.1. The number of rotatable bonds is 6. The van der Waals surface area contributed by atoms with Crippen molar-refractivity contribution >= 4 is 23.7 Å². The Bertz CT molecular complexity index is 854. The van der Waals surface area contributed by atoms with E-state index < -0.39 is 18.0 Å². The molecule has 0 radical (unpaired) electrons. The van der Waals surface area contributed by atoms with Crippen LogP contribution in [0.1, 0.15) is 26.3 Å². The highest BCUT2D eigenvalue weighted by molar-refractivity contribution is 6.03. The van der Waals surface area contributed by atoms with Crippen molar-refractivity contribution < 1.29 is 28.2 Å². The van der Waals surface area contributed by atoms with Crippen LogP contribution in [0.2, 0.25) is 0 Å². The number of benzene rings is 2. The zero-order chi connectivity index (χ0) is 19.8. The lowest BCUT2D eigenvalue weighted by Crippen LogP contribution is -2.31. The molecule has 0 aliphatic carbocycles. The number of halogens is 1. The molecule has 2 rings (SSSR count). The van der Waals surface area contributed by atoms with E-state index in [1.807, 2.05) is 0 Å². The third kappa shape index (κ3) is 5.27. The lowest BCUT2D eigenvalue weighted by Gasteiger charge is -2.12. The predicted octanol–water partition coefficient (Wildman–Crippen LogP) is 2.76. The zero-order valence-corrected chi connectivity index (χ0v) is 14.9. The molecule has 0 aromatic heterocycles. The summed E-state index contributed by atoms with van der Waals surface area (Å²) in [6.45, 7) is 0.178. The third-order valence-corrected chi connectivity index (χ3v) is 3.73. The molecule has 0 aliphatic rings. The van der Waals surface area contributed by atoms with Crippen LogP contribution in [0.4, 0.5) is 14.9 Å². The number of nitrogens with one attached hydrogen (secondary N) is 2. The minimum Gasteiger partial charge on any atom is -0.465 e. The van der Waals surface area contributed by atoms with Crippen molar-refractivity contribution in [3.63, 3.8) is 0 Å². The number of carbonyl (C=O) groups is 3. The normalized spacial score (nSPS) is 10.0. The van der Waals surface area contributed by atoms with E-state index >= 15 is 0 Å². The van der Waals surface area contributed by atoms with Crippen molar-refractivity contribution in [2.45, 2.75) is 6.42 Å². The predicted molar refractivity (Wildman–Crippen MR) is 96.2 cm³/mol. The Morgan fingerprint density at radius 1 is 1.00 bits per heavy atom. The van der Waals surface area contributed by atoms with E-state index in [0.29, 0.717) is 12.0 Å². The Morgan fingerprint density at radius 3 is 2.37 bits per heavy atom. The van der Waals surface area contributed by atoms with Gasteiger partial charge in [0.25, 0.3) is 0 Å². The quantitative estimate of drug-likeness (QED) is 0.759. The maximum Gasteiger partial charge on any atom is 0.339 e. The first-order chi connectivity index (χ1) is 13.0.